The van der Waals surface area contributed by atoms with Crippen molar-refractivity contribution in [2.75, 3.05) is 0 Å². The van der Waals surface area contributed by atoms with Crippen LogP contribution in [0.1, 0.15) is 35.3 Å². The van der Waals surface area contributed by atoms with Crippen molar-refractivity contribution >= 4 is 32.4 Å². The molecule has 2 atom stereocenters. The second-order valence-corrected chi connectivity index (χ2v) is 9.95. The average Bonchev–Trinajstić information content (AvgIpc) is 3.20. The molecule has 0 unspecified atom stereocenters. The van der Waals surface area contributed by atoms with Crippen molar-refractivity contribution in [2.45, 2.75) is 24.2 Å². The predicted octanol–water partition coefficient (Wildman–Crippen LogP) is 6.84. The Morgan fingerprint density at radius 3 is 1.61 bits per heavy atom. The molecule has 4 aromatic carbocycles. The summed E-state index contributed by atoms with van der Waals surface area (Å²) in [5.74, 6) is 0. The Morgan fingerprint density at radius 1 is 0.536 bits per heavy atom. The summed E-state index contributed by atoms with van der Waals surface area (Å²) in [6.07, 6.45) is 2.56. The third-order valence-corrected chi connectivity index (χ3v) is 9.12. The lowest BCUT2D eigenvalue weighted by molar-refractivity contribution is 0.765. The van der Waals surface area contributed by atoms with Gasteiger partial charge in [-0.3, -0.25) is 0 Å². The Kier molecular flexibility index (Phi) is 5.65. The minimum absolute atomic E-state index is 0. The minimum atomic E-state index is -0.293. The normalized spacial score (nSPS) is 19.4. The summed E-state index contributed by atoms with van der Waals surface area (Å²) in [5, 5.41) is 4.25. The van der Waals surface area contributed by atoms with Gasteiger partial charge in [0, 0.05) is 19.7 Å². The van der Waals surface area contributed by atoms with Gasteiger partial charge in [0.2, 0.25) is 0 Å². The van der Waals surface area contributed by atoms with Gasteiger partial charge in [0.15, 0.2) is 0 Å². The van der Waals surface area contributed by atoms with Crippen LogP contribution in [-0.4, -0.2) is 8.41 Å². The van der Waals surface area contributed by atoms with Gasteiger partial charge in [-0.1, -0.05) is 105 Å². The van der Waals surface area contributed by atoms with Crippen LogP contribution in [-0.2, 0) is 0 Å². The molecule has 1 aliphatic rings. The Balaban J connectivity index is 0.00000192. The van der Waals surface area contributed by atoms with Gasteiger partial charge in [-0.05, 0) is 46.1 Å². The second kappa shape index (κ2) is 8.33. The Hall–Kier alpha value is -2.37. The smallest absolute Gasteiger partial charge is 0.00877 e. The Morgan fingerprint density at radius 2 is 1.04 bits per heavy atom. The van der Waals surface area contributed by atoms with E-state index in [1.807, 2.05) is 0 Å². The van der Waals surface area contributed by atoms with Crippen molar-refractivity contribution < 1.29 is 0 Å². The fourth-order valence-electron chi connectivity index (χ4n) is 4.51. The van der Waals surface area contributed by atoms with Gasteiger partial charge >= 0.3 is 0 Å². The van der Waals surface area contributed by atoms with Crippen LogP contribution in [0.2, 0.25) is 0 Å². The lowest BCUT2D eigenvalue weighted by Crippen LogP contribution is -2.07. The van der Waals surface area contributed by atoms with E-state index >= 15 is 0 Å². The van der Waals surface area contributed by atoms with Gasteiger partial charge in [0.25, 0.3) is 0 Å². The Labute approximate surface area is 171 Å². The third-order valence-electron chi connectivity index (χ3n) is 5.78. The molecule has 135 valence electrons. The average molecular weight is 377 g/mol. The van der Waals surface area contributed by atoms with Crippen molar-refractivity contribution in [3.63, 3.8) is 0 Å². The van der Waals surface area contributed by atoms with E-state index in [2.05, 4.69) is 103 Å². The van der Waals surface area contributed by atoms with E-state index in [1.165, 1.54) is 34.7 Å². The zero-order valence-electron chi connectivity index (χ0n) is 15.9. The topological polar surface area (TPSA) is 0 Å². The molecule has 4 aromatic rings. The lowest BCUT2D eigenvalue weighted by Gasteiger charge is -2.27. The summed E-state index contributed by atoms with van der Waals surface area (Å²) in [7, 11) is -0.293. The first-order chi connectivity index (χ1) is 13.4. The third kappa shape index (κ3) is 3.52. The number of hydrogen-bond acceptors (Lipinski definition) is 0. The molecule has 2 heteroatoms. The molecule has 3 radical (unpaired) electrons. The second-order valence-electron chi connectivity index (χ2n) is 7.37. The molecule has 0 saturated carbocycles. The van der Waals surface area contributed by atoms with E-state index in [0.717, 1.165) is 0 Å². The van der Waals surface area contributed by atoms with Crippen LogP contribution in [0.15, 0.2) is 103 Å². The monoisotopic (exact) mass is 377 g/mol. The maximum absolute atomic E-state index is 2.46. The largest absolute Gasteiger partial charge is 0.0622 e. The van der Waals surface area contributed by atoms with Crippen molar-refractivity contribution in [1.29, 1.82) is 0 Å². The number of benzene rings is 4. The highest BCUT2D eigenvalue weighted by atomic mass is 31.1. The molecular weight excluding hydrogens is 354 g/mol. The molecule has 0 nitrogen and oxygen atoms in total. The molecule has 1 aliphatic heterocycles. The summed E-state index contributed by atoms with van der Waals surface area (Å²) < 4.78 is 0. The summed E-state index contributed by atoms with van der Waals surface area (Å²) in [5.41, 5.74) is 4.31. The van der Waals surface area contributed by atoms with E-state index in [0.29, 0.717) is 11.3 Å². The van der Waals surface area contributed by atoms with Crippen LogP contribution in [0.25, 0.3) is 10.8 Å². The molecular formula is C26H23BP. The first kappa shape index (κ1) is 19.0. The summed E-state index contributed by atoms with van der Waals surface area (Å²) in [4.78, 5) is 0. The summed E-state index contributed by atoms with van der Waals surface area (Å²) in [6.45, 7) is 0. The van der Waals surface area contributed by atoms with Crippen LogP contribution in [0.3, 0.4) is 0 Å². The molecule has 0 aromatic heterocycles. The van der Waals surface area contributed by atoms with Crippen LogP contribution in [0.4, 0.5) is 0 Å². The van der Waals surface area contributed by atoms with Crippen LogP contribution >= 0.6 is 7.92 Å². The summed E-state index contributed by atoms with van der Waals surface area (Å²) in [6, 6.07) is 38.3. The molecule has 0 amide bonds. The van der Waals surface area contributed by atoms with E-state index in [4.69, 9.17) is 0 Å². The van der Waals surface area contributed by atoms with Crippen LogP contribution < -0.4 is 5.30 Å². The molecule has 0 bridgehead atoms. The highest BCUT2D eigenvalue weighted by Gasteiger charge is 2.38. The number of fused-ring (bicyclic) bond motifs is 1. The first-order valence-corrected chi connectivity index (χ1v) is 11.3. The van der Waals surface area contributed by atoms with Gasteiger partial charge < -0.3 is 0 Å². The van der Waals surface area contributed by atoms with E-state index in [1.54, 1.807) is 5.30 Å². The van der Waals surface area contributed by atoms with Crippen molar-refractivity contribution in [1.82, 2.24) is 0 Å². The molecule has 5 rings (SSSR count). The fraction of sp³-hybridized carbons (Fsp3) is 0.154. The van der Waals surface area contributed by atoms with Crippen LogP contribution in [0, 0.1) is 0 Å². The first-order valence-electron chi connectivity index (χ1n) is 9.77. The van der Waals surface area contributed by atoms with Crippen LogP contribution in [0.5, 0.6) is 0 Å². The molecule has 1 heterocycles. The quantitative estimate of drug-likeness (QED) is 0.271. The molecule has 28 heavy (non-hydrogen) atoms. The predicted molar refractivity (Wildman–Crippen MR) is 124 cm³/mol. The standard InChI is InChI=1S/C26H23P.B/c1-3-10-21(11-4-1)25-17-18-26(22-12-5-2-6-13-22)27(25)24-16-15-20-9-7-8-14-23(20)19-24;/h1-16,19,25-26H,17-18H2;/t25-,26-;/m0./s1. The molecule has 0 N–H and O–H groups in total. The zero-order chi connectivity index (χ0) is 18.1. The fourth-order valence-corrected chi connectivity index (χ4v) is 8.04. The number of rotatable bonds is 3. The molecule has 0 spiro atoms. The highest BCUT2D eigenvalue weighted by molar-refractivity contribution is 7.66. The maximum Gasteiger partial charge on any atom is 0.00877 e. The maximum atomic E-state index is 2.46. The van der Waals surface area contributed by atoms with E-state index < -0.39 is 0 Å². The molecule has 1 fully saturated rings. The highest BCUT2D eigenvalue weighted by Crippen LogP contribution is 2.69. The SMILES string of the molecule is [B].c1ccc([C@@H]2CC[C@@H](c3ccccc3)P2c2ccc3ccccc3c2)cc1. The van der Waals surface area contributed by atoms with Gasteiger partial charge in [-0.2, -0.15) is 0 Å². The van der Waals surface area contributed by atoms with Gasteiger partial charge in [-0.15, -0.1) is 0 Å². The van der Waals surface area contributed by atoms with Gasteiger partial charge in [-0.25, -0.2) is 0 Å². The number of hydrogen-bond donors (Lipinski definition) is 0. The van der Waals surface area contributed by atoms with Gasteiger partial charge in [0.1, 0.15) is 0 Å². The Bertz CT molecular complexity index is 998. The molecule has 0 aliphatic carbocycles. The van der Waals surface area contributed by atoms with E-state index in [9.17, 15) is 0 Å². The van der Waals surface area contributed by atoms with Crippen molar-refractivity contribution in [3.8, 4) is 0 Å². The van der Waals surface area contributed by atoms with Crippen molar-refractivity contribution in [2.24, 2.45) is 0 Å². The minimum Gasteiger partial charge on any atom is -0.0622 e. The molecule has 1 saturated heterocycles. The summed E-state index contributed by atoms with van der Waals surface area (Å²) >= 11 is 0. The van der Waals surface area contributed by atoms with Gasteiger partial charge in [0.05, 0.1) is 0 Å². The van der Waals surface area contributed by atoms with E-state index in [-0.39, 0.29) is 16.3 Å². The lowest BCUT2D eigenvalue weighted by atomic mass is 10.0. The zero-order valence-corrected chi connectivity index (χ0v) is 16.8. The van der Waals surface area contributed by atoms with Crippen molar-refractivity contribution in [3.05, 3.63) is 114 Å².